The summed E-state index contributed by atoms with van der Waals surface area (Å²) < 4.78 is 0. The van der Waals surface area contributed by atoms with Gasteiger partial charge in [-0.15, -0.1) is 0 Å². The molecule has 0 bridgehead atoms. The van der Waals surface area contributed by atoms with Gasteiger partial charge in [0.2, 0.25) is 0 Å². The molecule has 0 fully saturated rings. The zero-order valence-corrected chi connectivity index (χ0v) is 15.4. The fraction of sp³-hybridized carbons (Fsp3) is 0.0833. The van der Waals surface area contributed by atoms with Gasteiger partial charge in [0, 0.05) is 11.1 Å². The highest BCUT2D eigenvalue weighted by molar-refractivity contribution is 5.76. The Labute approximate surface area is 156 Å². The summed E-state index contributed by atoms with van der Waals surface area (Å²) in [6, 6.07) is 22.1. The lowest BCUT2D eigenvalue weighted by molar-refractivity contribution is 1.16. The number of hydrogen-bond acceptors (Lipinski definition) is 2. The van der Waals surface area contributed by atoms with Gasteiger partial charge in [-0.2, -0.15) is 0 Å². The minimum absolute atomic E-state index is 0.698. The Balaban J connectivity index is 0.00000117. The first kappa shape index (κ1) is 19.1. The van der Waals surface area contributed by atoms with Crippen molar-refractivity contribution in [2.75, 3.05) is 0 Å². The van der Waals surface area contributed by atoms with Crippen molar-refractivity contribution in [3.05, 3.63) is 104 Å². The third-order valence-electron chi connectivity index (χ3n) is 3.64. The van der Waals surface area contributed by atoms with E-state index in [0.29, 0.717) is 5.82 Å². The second-order valence-electron chi connectivity index (χ2n) is 5.26. The molecule has 1 heterocycles. The Morgan fingerprint density at radius 1 is 0.808 bits per heavy atom. The van der Waals surface area contributed by atoms with Crippen LogP contribution in [0.25, 0.3) is 28.2 Å². The smallest absolute Gasteiger partial charge is 0.160 e. The molecular formula is C24H24N2. The summed E-state index contributed by atoms with van der Waals surface area (Å²) >= 11 is 0. The van der Waals surface area contributed by atoms with E-state index in [0.717, 1.165) is 28.1 Å². The number of hydrogen-bond donors (Lipinski definition) is 0. The Morgan fingerprint density at radius 3 is 1.92 bits per heavy atom. The van der Waals surface area contributed by atoms with Crippen LogP contribution >= 0.6 is 0 Å². The molecule has 1 aromatic heterocycles. The van der Waals surface area contributed by atoms with E-state index < -0.39 is 0 Å². The Kier molecular flexibility index (Phi) is 7.26. The van der Waals surface area contributed by atoms with Gasteiger partial charge in [-0.05, 0) is 11.6 Å². The van der Waals surface area contributed by atoms with Crippen molar-refractivity contribution in [2.45, 2.75) is 13.8 Å². The Hall–Kier alpha value is -3.26. The van der Waals surface area contributed by atoms with Crippen molar-refractivity contribution >= 4 is 5.57 Å². The normalized spacial score (nSPS) is 10.5. The van der Waals surface area contributed by atoms with Crippen LogP contribution in [0.5, 0.6) is 0 Å². The lowest BCUT2D eigenvalue weighted by Crippen LogP contribution is -1.97. The first-order chi connectivity index (χ1) is 12.8. The van der Waals surface area contributed by atoms with Gasteiger partial charge in [0.15, 0.2) is 5.82 Å². The van der Waals surface area contributed by atoms with E-state index in [9.17, 15) is 0 Å². The van der Waals surface area contributed by atoms with Crippen LogP contribution in [0.1, 0.15) is 19.5 Å². The van der Waals surface area contributed by atoms with Gasteiger partial charge in [-0.3, -0.25) is 0 Å². The predicted molar refractivity (Wildman–Crippen MR) is 113 cm³/mol. The zero-order valence-electron chi connectivity index (χ0n) is 15.4. The molecule has 0 radical (unpaired) electrons. The molecule has 0 amide bonds. The van der Waals surface area contributed by atoms with Crippen LogP contribution in [-0.4, -0.2) is 9.97 Å². The van der Waals surface area contributed by atoms with Gasteiger partial charge in [0.05, 0.1) is 11.4 Å². The van der Waals surface area contributed by atoms with E-state index in [4.69, 9.17) is 9.97 Å². The van der Waals surface area contributed by atoms with Crippen LogP contribution in [0.4, 0.5) is 0 Å². The second kappa shape index (κ2) is 9.90. The molecule has 0 aliphatic rings. The topological polar surface area (TPSA) is 25.8 Å². The molecule has 0 spiro atoms. The molecular weight excluding hydrogens is 316 g/mol. The van der Waals surface area contributed by atoms with Crippen LogP contribution in [0.3, 0.4) is 0 Å². The molecule has 0 unspecified atom stereocenters. The highest BCUT2D eigenvalue weighted by atomic mass is 14.9. The van der Waals surface area contributed by atoms with Crippen molar-refractivity contribution in [2.24, 2.45) is 0 Å². The van der Waals surface area contributed by atoms with Gasteiger partial charge in [-0.25, -0.2) is 9.97 Å². The van der Waals surface area contributed by atoms with E-state index in [1.165, 1.54) is 0 Å². The first-order valence-corrected chi connectivity index (χ1v) is 8.77. The molecule has 0 aliphatic heterocycles. The van der Waals surface area contributed by atoms with Crippen LogP contribution in [0.15, 0.2) is 98.1 Å². The van der Waals surface area contributed by atoms with Crippen LogP contribution in [0.2, 0.25) is 0 Å². The largest absolute Gasteiger partial charge is 0.228 e. The Bertz CT molecular complexity index is 821. The minimum Gasteiger partial charge on any atom is -0.228 e. The number of nitrogens with zero attached hydrogens (tertiary/aromatic N) is 2. The molecule has 2 heteroatoms. The van der Waals surface area contributed by atoms with Gasteiger partial charge in [-0.1, -0.05) is 106 Å². The van der Waals surface area contributed by atoms with Gasteiger partial charge in [0.25, 0.3) is 0 Å². The zero-order chi connectivity index (χ0) is 18.8. The third-order valence-corrected chi connectivity index (χ3v) is 3.64. The second-order valence-corrected chi connectivity index (χ2v) is 5.26. The van der Waals surface area contributed by atoms with E-state index >= 15 is 0 Å². The van der Waals surface area contributed by atoms with Crippen molar-refractivity contribution in [3.8, 4) is 22.6 Å². The lowest BCUT2D eigenvalue weighted by Gasteiger charge is -2.09. The van der Waals surface area contributed by atoms with E-state index in [1.807, 2.05) is 86.7 Å². The predicted octanol–water partition coefficient (Wildman–Crippen LogP) is 6.59. The average molecular weight is 340 g/mol. The fourth-order valence-electron chi connectivity index (χ4n) is 2.45. The van der Waals surface area contributed by atoms with E-state index in [-0.39, 0.29) is 0 Å². The SMILES string of the molecule is C=C/C=C(\C=C)c1cc(-c2ccccc2)nc(-c2ccccc2)n1.CC. The Morgan fingerprint density at radius 2 is 1.38 bits per heavy atom. The maximum absolute atomic E-state index is 4.75. The molecule has 0 aliphatic carbocycles. The van der Waals surface area contributed by atoms with Crippen molar-refractivity contribution in [3.63, 3.8) is 0 Å². The molecule has 3 aromatic rings. The molecule has 0 saturated heterocycles. The van der Waals surface area contributed by atoms with Crippen molar-refractivity contribution in [1.29, 1.82) is 0 Å². The average Bonchev–Trinajstić information content (AvgIpc) is 2.74. The molecule has 2 nitrogen and oxygen atoms in total. The molecule has 3 rings (SSSR count). The first-order valence-electron chi connectivity index (χ1n) is 8.77. The lowest BCUT2D eigenvalue weighted by atomic mass is 10.1. The van der Waals surface area contributed by atoms with Crippen molar-refractivity contribution < 1.29 is 0 Å². The summed E-state index contributed by atoms with van der Waals surface area (Å²) in [5, 5.41) is 0. The molecule has 0 atom stereocenters. The summed E-state index contributed by atoms with van der Waals surface area (Å²) in [6.07, 6.45) is 5.43. The molecule has 0 saturated carbocycles. The van der Waals surface area contributed by atoms with Gasteiger partial charge < -0.3 is 0 Å². The van der Waals surface area contributed by atoms with Crippen molar-refractivity contribution in [1.82, 2.24) is 9.97 Å². The fourth-order valence-corrected chi connectivity index (χ4v) is 2.45. The van der Waals surface area contributed by atoms with E-state index in [1.54, 1.807) is 12.2 Å². The summed E-state index contributed by atoms with van der Waals surface area (Å²) in [5.74, 6) is 0.698. The monoisotopic (exact) mass is 340 g/mol. The maximum atomic E-state index is 4.75. The number of rotatable bonds is 5. The van der Waals surface area contributed by atoms with Crippen LogP contribution in [-0.2, 0) is 0 Å². The third kappa shape index (κ3) is 4.64. The van der Waals surface area contributed by atoms with Gasteiger partial charge >= 0.3 is 0 Å². The summed E-state index contributed by atoms with van der Waals surface area (Å²) in [5.41, 5.74) is 4.68. The summed E-state index contributed by atoms with van der Waals surface area (Å²) in [7, 11) is 0. The quantitative estimate of drug-likeness (QED) is 0.489. The highest BCUT2D eigenvalue weighted by Crippen LogP contribution is 2.25. The molecule has 0 N–H and O–H groups in total. The van der Waals surface area contributed by atoms with Crippen LogP contribution < -0.4 is 0 Å². The maximum Gasteiger partial charge on any atom is 0.160 e. The number of allylic oxidation sites excluding steroid dienone is 4. The number of benzene rings is 2. The van der Waals surface area contributed by atoms with Gasteiger partial charge in [0.1, 0.15) is 0 Å². The van der Waals surface area contributed by atoms with E-state index in [2.05, 4.69) is 13.2 Å². The molecule has 2 aromatic carbocycles. The molecule has 26 heavy (non-hydrogen) atoms. The molecule has 130 valence electrons. The summed E-state index contributed by atoms with van der Waals surface area (Å²) in [6.45, 7) is 11.7. The minimum atomic E-state index is 0.698. The highest BCUT2D eigenvalue weighted by Gasteiger charge is 2.10. The standard InChI is InChI=1S/C22H18N2.C2H6/c1-3-11-17(4-2)20-16-21(18-12-7-5-8-13-18)24-22(23-20)19-14-9-6-10-15-19;1-2/h3-16H,1-2H2;1-2H3/b17-11+;. The summed E-state index contributed by atoms with van der Waals surface area (Å²) in [4.78, 5) is 9.47. The van der Waals surface area contributed by atoms with Crippen LogP contribution in [0, 0.1) is 0 Å². The number of aromatic nitrogens is 2.